The zero-order valence-electron chi connectivity index (χ0n) is 23.5. The molecule has 2 atom stereocenters. The van der Waals surface area contributed by atoms with E-state index in [0.29, 0.717) is 24.0 Å². The van der Waals surface area contributed by atoms with Gasteiger partial charge in [-0.1, -0.05) is 60.7 Å². The summed E-state index contributed by atoms with van der Waals surface area (Å²) in [6.07, 6.45) is 0.236. The first-order chi connectivity index (χ1) is 20.6. The molecule has 0 spiro atoms. The highest BCUT2D eigenvalue weighted by Gasteiger charge is 2.33. The monoisotopic (exact) mass is 558 g/mol. The fourth-order valence-corrected chi connectivity index (χ4v) is 6.54. The maximum atomic E-state index is 13.3. The summed E-state index contributed by atoms with van der Waals surface area (Å²) in [5.41, 5.74) is 11.5. The predicted molar refractivity (Wildman–Crippen MR) is 160 cm³/mol. The van der Waals surface area contributed by atoms with Crippen molar-refractivity contribution in [2.75, 3.05) is 27.4 Å². The van der Waals surface area contributed by atoms with Gasteiger partial charge in [0.05, 0.1) is 36.5 Å². The number of cyclic esters (lactones) is 2. The molecule has 0 saturated carbocycles. The van der Waals surface area contributed by atoms with Gasteiger partial charge in [0.1, 0.15) is 0 Å². The lowest BCUT2D eigenvalue weighted by molar-refractivity contribution is -0.0574. The largest absolute Gasteiger partial charge is 0.462 e. The summed E-state index contributed by atoms with van der Waals surface area (Å²) in [5, 5.41) is 0. The van der Waals surface area contributed by atoms with Gasteiger partial charge in [0, 0.05) is 27.1 Å². The Kier molecular flexibility index (Phi) is 6.73. The second-order valence-corrected chi connectivity index (χ2v) is 10.8. The lowest BCUT2D eigenvalue weighted by Crippen LogP contribution is -2.33. The molecular weight excluding hydrogens is 528 g/mol. The van der Waals surface area contributed by atoms with E-state index < -0.39 is 0 Å². The average Bonchev–Trinajstić information content (AvgIpc) is 3.52. The molecule has 4 aromatic carbocycles. The van der Waals surface area contributed by atoms with E-state index in [9.17, 15) is 9.59 Å². The van der Waals surface area contributed by atoms with Crippen molar-refractivity contribution in [2.45, 2.75) is 25.0 Å². The number of fused-ring (bicyclic) bond motifs is 8. The van der Waals surface area contributed by atoms with E-state index >= 15 is 0 Å². The number of methoxy groups -OCH3 is 2. The minimum Gasteiger partial charge on any atom is -0.462 e. The van der Waals surface area contributed by atoms with E-state index in [2.05, 4.69) is 24.3 Å². The Morgan fingerprint density at radius 3 is 1.31 bits per heavy atom. The minimum absolute atomic E-state index is 0.170. The molecule has 4 bridgehead atoms. The Hall–Kier alpha value is -4.52. The molecule has 0 aromatic heterocycles. The van der Waals surface area contributed by atoms with Crippen molar-refractivity contribution >= 4 is 23.1 Å². The number of ether oxygens (including phenoxy) is 4. The van der Waals surface area contributed by atoms with Crippen LogP contribution in [0.3, 0.4) is 0 Å². The standard InChI is InChI=1S/C36H30O6/c1-39-31-15-17-41-35(37)21-11-13-25-23-7-3-5-9-27(23)33(29(25)19-21)34-28-10-6-4-8-24(28)26-14-12-22(20-30(26)34)36(38)42-18-16-32(31)40-2/h3-14,19-20,31-32H,15-18H2,1-2H3/b34-33-/t31-,32-/m0/s1. The van der Waals surface area contributed by atoms with E-state index in [0.717, 1.165) is 55.7 Å². The topological polar surface area (TPSA) is 71.1 Å². The third-order valence-electron chi connectivity index (χ3n) is 8.56. The smallest absolute Gasteiger partial charge is 0.338 e. The van der Waals surface area contributed by atoms with Crippen LogP contribution in [-0.4, -0.2) is 51.6 Å². The summed E-state index contributed by atoms with van der Waals surface area (Å²) < 4.78 is 22.7. The summed E-state index contributed by atoms with van der Waals surface area (Å²) >= 11 is 0. The van der Waals surface area contributed by atoms with Crippen LogP contribution in [0.5, 0.6) is 0 Å². The molecule has 0 unspecified atom stereocenters. The van der Waals surface area contributed by atoms with Crippen molar-refractivity contribution in [3.63, 3.8) is 0 Å². The van der Waals surface area contributed by atoms with Crippen LogP contribution in [0.2, 0.25) is 0 Å². The van der Waals surface area contributed by atoms with Gasteiger partial charge in [0.25, 0.3) is 0 Å². The molecule has 210 valence electrons. The van der Waals surface area contributed by atoms with Gasteiger partial charge < -0.3 is 18.9 Å². The fraction of sp³-hybridized carbons (Fsp3) is 0.222. The third-order valence-corrected chi connectivity index (χ3v) is 8.56. The SMILES string of the molecule is CO[C@H]1CCOC(=O)c2ccc3c(c2)/C(=C2/c4ccccc4-c4ccc(cc42)C(=O)OCC[C@@H]1OC)c1ccccc1-3. The molecule has 3 aliphatic rings. The summed E-state index contributed by atoms with van der Waals surface area (Å²) in [4.78, 5) is 26.6. The van der Waals surface area contributed by atoms with Gasteiger partial charge in [0.2, 0.25) is 0 Å². The summed E-state index contributed by atoms with van der Waals surface area (Å²) in [7, 11) is 3.20. The summed E-state index contributed by atoms with van der Waals surface area (Å²) in [6, 6.07) is 28.2. The Labute approximate surface area is 244 Å². The second-order valence-electron chi connectivity index (χ2n) is 10.8. The van der Waals surface area contributed by atoms with Gasteiger partial charge in [-0.15, -0.1) is 0 Å². The van der Waals surface area contributed by atoms with Gasteiger partial charge >= 0.3 is 11.9 Å². The lowest BCUT2D eigenvalue weighted by atomic mass is 9.90. The number of rotatable bonds is 2. The van der Waals surface area contributed by atoms with E-state index in [1.165, 1.54) is 0 Å². The van der Waals surface area contributed by atoms with Crippen molar-refractivity contribution in [1.29, 1.82) is 0 Å². The van der Waals surface area contributed by atoms with Crippen molar-refractivity contribution in [2.24, 2.45) is 0 Å². The van der Waals surface area contributed by atoms with Crippen molar-refractivity contribution in [3.8, 4) is 22.3 Å². The molecule has 0 saturated heterocycles. The zero-order chi connectivity index (χ0) is 28.8. The Morgan fingerprint density at radius 1 is 0.524 bits per heavy atom. The molecule has 2 aliphatic carbocycles. The van der Waals surface area contributed by atoms with Gasteiger partial charge in [-0.3, -0.25) is 0 Å². The molecule has 0 N–H and O–H groups in total. The van der Waals surface area contributed by atoms with Crippen LogP contribution in [0.4, 0.5) is 0 Å². The maximum absolute atomic E-state index is 13.3. The number of hydrogen-bond acceptors (Lipinski definition) is 6. The van der Waals surface area contributed by atoms with E-state index in [-0.39, 0.29) is 37.4 Å². The Balaban J connectivity index is 1.45. The first-order valence-corrected chi connectivity index (χ1v) is 14.2. The van der Waals surface area contributed by atoms with Crippen LogP contribution in [0.25, 0.3) is 33.4 Å². The molecule has 42 heavy (non-hydrogen) atoms. The molecule has 4 aromatic rings. The quantitative estimate of drug-likeness (QED) is 0.218. The van der Waals surface area contributed by atoms with Crippen LogP contribution >= 0.6 is 0 Å². The molecule has 6 nitrogen and oxygen atoms in total. The Morgan fingerprint density at radius 2 is 0.905 bits per heavy atom. The van der Waals surface area contributed by atoms with Gasteiger partial charge in [-0.2, -0.15) is 0 Å². The lowest BCUT2D eigenvalue weighted by Gasteiger charge is -2.24. The molecule has 6 heteroatoms. The van der Waals surface area contributed by atoms with Gasteiger partial charge in [0.15, 0.2) is 0 Å². The minimum atomic E-state index is -0.383. The molecule has 1 aliphatic heterocycles. The number of esters is 2. The van der Waals surface area contributed by atoms with Crippen LogP contribution in [-0.2, 0) is 18.9 Å². The zero-order valence-corrected chi connectivity index (χ0v) is 23.5. The molecule has 7 rings (SSSR count). The van der Waals surface area contributed by atoms with Crippen molar-refractivity contribution < 1.29 is 28.5 Å². The molecule has 1 heterocycles. The van der Waals surface area contributed by atoms with Gasteiger partial charge in [-0.25, -0.2) is 9.59 Å². The third kappa shape index (κ3) is 4.26. The highest BCUT2D eigenvalue weighted by atomic mass is 16.6. The highest BCUT2D eigenvalue weighted by molar-refractivity contribution is 6.19. The van der Waals surface area contributed by atoms with Crippen molar-refractivity contribution in [1.82, 2.24) is 0 Å². The molecular formula is C36H30O6. The number of benzene rings is 4. The number of carbonyl (C=O) groups is 2. The summed E-state index contributed by atoms with van der Waals surface area (Å²) in [6.45, 7) is 0.340. The second kappa shape index (κ2) is 10.7. The molecule has 0 radical (unpaired) electrons. The van der Waals surface area contributed by atoms with Gasteiger partial charge in [-0.05, 0) is 79.9 Å². The van der Waals surface area contributed by atoms with Crippen LogP contribution < -0.4 is 0 Å². The molecule has 0 amide bonds. The first kappa shape index (κ1) is 26.4. The highest BCUT2D eigenvalue weighted by Crippen LogP contribution is 2.54. The maximum Gasteiger partial charge on any atom is 0.338 e. The van der Waals surface area contributed by atoms with Crippen molar-refractivity contribution in [3.05, 3.63) is 118 Å². The van der Waals surface area contributed by atoms with Crippen LogP contribution in [0.1, 0.15) is 55.8 Å². The van der Waals surface area contributed by atoms with Crippen LogP contribution in [0, 0.1) is 0 Å². The van der Waals surface area contributed by atoms with E-state index in [4.69, 9.17) is 18.9 Å². The average molecular weight is 559 g/mol. The first-order valence-electron chi connectivity index (χ1n) is 14.2. The number of hydrogen-bond donors (Lipinski definition) is 0. The van der Waals surface area contributed by atoms with E-state index in [1.54, 1.807) is 14.2 Å². The van der Waals surface area contributed by atoms with Crippen LogP contribution in [0.15, 0.2) is 84.9 Å². The van der Waals surface area contributed by atoms with E-state index in [1.807, 2.05) is 60.7 Å². The fourth-order valence-electron chi connectivity index (χ4n) is 6.54. The summed E-state index contributed by atoms with van der Waals surface area (Å²) in [5.74, 6) is -0.766. The molecule has 0 fully saturated rings. The number of carbonyl (C=O) groups excluding carboxylic acids is 2. The Bertz CT molecular complexity index is 1640. The predicted octanol–water partition coefficient (Wildman–Crippen LogP) is 6.79. The normalized spacial score (nSPS) is 21.1.